The van der Waals surface area contributed by atoms with Gasteiger partial charge in [-0.25, -0.2) is 4.39 Å². The first-order chi connectivity index (χ1) is 4.83. The maximum Gasteiger partial charge on any atom is 0.374 e. The van der Waals surface area contributed by atoms with Gasteiger partial charge >= 0.3 is 7.41 Å². The summed E-state index contributed by atoms with van der Waals surface area (Å²) in [5.41, 5.74) is 0.608. The summed E-state index contributed by atoms with van der Waals surface area (Å²) in [6.45, 7) is 0. The van der Waals surface area contributed by atoms with Crippen molar-refractivity contribution in [3.8, 4) is 0 Å². The third kappa shape index (κ3) is 1.65. The molecule has 0 saturated carbocycles. The van der Waals surface area contributed by atoms with Gasteiger partial charge in [0.25, 0.3) is 0 Å². The zero-order valence-corrected chi connectivity index (χ0v) is 5.12. The van der Waals surface area contributed by atoms with E-state index in [2.05, 4.69) is 5.09 Å². The van der Waals surface area contributed by atoms with Gasteiger partial charge in [0, 0.05) is 0 Å². The smallest absolute Gasteiger partial charge is 0.207 e. The highest BCUT2D eigenvalue weighted by atomic mass is 19.1. The van der Waals surface area contributed by atoms with E-state index in [0.29, 0.717) is 5.46 Å². The lowest BCUT2D eigenvalue weighted by molar-refractivity contribution is 0.628. The standard InChI is InChI=1S/C6H4BFNO/c8-6-3-1-5(2-4-6)7-9-10/h1-4H. The number of halogens is 1. The molecule has 0 aromatic heterocycles. The summed E-state index contributed by atoms with van der Waals surface area (Å²) in [6.07, 6.45) is 0. The van der Waals surface area contributed by atoms with E-state index in [-0.39, 0.29) is 5.82 Å². The Morgan fingerprint density at radius 3 is 2.40 bits per heavy atom. The van der Waals surface area contributed by atoms with Gasteiger partial charge in [-0.15, -0.1) is 5.09 Å². The summed E-state index contributed by atoms with van der Waals surface area (Å²) < 4.78 is 12.2. The maximum absolute atomic E-state index is 12.2. The molecule has 0 bridgehead atoms. The second kappa shape index (κ2) is 3.10. The van der Waals surface area contributed by atoms with Gasteiger partial charge in [0.05, 0.1) is 0 Å². The van der Waals surface area contributed by atoms with Gasteiger partial charge in [-0.05, 0) is 12.1 Å². The van der Waals surface area contributed by atoms with Crippen molar-refractivity contribution in [1.29, 1.82) is 0 Å². The first kappa shape index (κ1) is 6.93. The van der Waals surface area contributed by atoms with Crippen LogP contribution in [0.1, 0.15) is 0 Å². The lowest BCUT2D eigenvalue weighted by Crippen LogP contribution is -2.10. The van der Waals surface area contributed by atoms with Crippen molar-refractivity contribution < 1.29 is 4.39 Å². The molecule has 0 aliphatic carbocycles. The molecule has 0 fully saturated rings. The van der Waals surface area contributed by atoms with Gasteiger partial charge in [-0.1, -0.05) is 17.6 Å². The van der Waals surface area contributed by atoms with E-state index in [0.717, 1.165) is 7.41 Å². The van der Waals surface area contributed by atoms with Crippen LogP contribution in [-0.4, -0.2) is 7.41 Å². The Balaban J connectivity index is 2.78. The molecule has 0 atom stereocenters. The predicted octanol–water partition coefficient (Wildman–Crippen LogP) is 0.837. The van der Waals surface area contributed by atoms with Crippen LogP contribution in [0.4, 0.5) is 4.39 Å². The van der Waals surface area contributed by atoms with Gasteiger partial charge in [0.15, 0.2) is 0 Å². The Bertz CT molecular complexity index is 224. The van der Waals surface area contributed by atoms with Crippen LogP contribution in [0.3, 0.4) is 0 Å². The maximum atomic E-state index is 12.2. The lowest BCUT2D eigenvalue weighted by Gasteiger charge is -1.89. The molecule has 0 saturated heterocycles. The Hall–Kier alpha value is -1.19. The van der Waals surface area contributed by atoms with E-state index in [1.807, 2.05) is 0 Å². The summed E-state index contributed by atoms with van der Waals surface area (Å²) in [5.74, 6) is -0.317. The number of benzene rings is 1. The molecule has 1 aromatic carbocycles. The summed E-state index contributed by atoms with van der Waals surface area (Å²) in [4.78, 5) is 9.66. The molecule has 49 valence electrons. The molecule has 0 amide bonds. The predicted molar refractivity (Wildman–Crippen MR) is 37.6 cm³/mol. The summed E-state index contributed by atoms with van der Waals surface area (Å²) in [5, 5.41) is 2.54. The van der Waals surface area contributed by atoms with Crippen LogP contribution in [0.2, 0.25) is 0 Å². The fourth-order valence-electron chi connectivity index (χ4n) is 0.610. The van der Waals surface area contributed by atoms with Crippen LogP contribution in [0.5, 0.6) is 0 Å². The SMILES string of the molecule is O=N[B]c1ccc(F)cc1. The van der Waals surface area contributed by atoms with Crippen LogP contribution in [0, 0.1) is 10.7 Å². The van der Waals surface area contributed by atoms with Crippen molar-refractivity contribution in [3.05, 3.63) is 35.0 Å². The van der Waals surface area contributed by atoms with Gasteiger partial charge in [0.1, 0.15) is 5.82 Å². The molecule has 10 heavy (non-hydrogen) atoms. The summed E-state index contributed by atoms with van der Waals surface area (Å²) >= 11 is 0. The molecule has 0 N–H and O–H groups in total. The van der Waals surface area contributed by atoms with E-state index in [9.17, 15) is 9.30 Å². The second-order valence-electron chi connectivity index (χ2n) is 1.79. The van der Waals surface area contributed by atoms with Crippen LogP contribution < -0.4 is 5.46 Å². The Kier molecular flexibility index (Phi) is 2.15. The van der Waals surface area contributed by atoms with E-state index in [4.69, 9.17) is 0 Å². The monoisotopic (exact) mass is 136 g/mol. The van der Waals surface area contributed by atoms with Crippen molar-refractivity contribution in [2.45, 2.75) is 0 Å². The van der Waals surface area contributed by atoms with Crippen LogP contribution >= 0.6 is 0 Å². The van der Waals surface area contributed by atoms with E-state index >= 15 is 0 Å². The van der Waals surface area contributed by atoms with Gasteiger partial charge < -0.3 is 0 Å². The minimum absolute atomic E-state index is 0.317. The molecule has 0 spiro atoms. The molecule has 0 aliphatic rings. The Morgan fingerprint density at radius 2 is 1.90 bits per heavy atom. The second-order valence-corrected chi connectivity index (χ2v) is 1.79. The van der Waals surface area contributed by atoms with Gasteiger partial charge in [0.2, 0.25) is 0 Å². The number of rotatable bonds is 2. The molecule has 4 heteroatoms. The van der Waals surface area contributed by atoms with Crippen molar-refractivity contribution in [2.24, 2.45) is 5.09 Å². The topological polar surface area (TPSA) is 29.4 Å². The van der Waals surface area contributed by atoms with Gasteiger partial charge in [-0.3, -0.25) is 0 Å². The van der Waals surface area contributed by atoms with E-state index < -0.39 is 0 Å². The molecule has 0 heterocycles. The first-order valence-corrected chi connectivity index (χ1v) is 2.74. The lowest BCUT2D eigenvalue weighted by atomic mass is 9.85. The fourth-order valence-corrected chi connectivity index (χ4v) is 0.610. The highest BCUT2D eigenvalue weighted by Gasteiger charge is 1.94. The fraction of sp³-hybridized carbons (Fsp3) is 0. The van der Waals surface area contributed by atoms with E-state index in [1.165, 1.54) is 24.3 Å². The van der Waals surface area contributed by atoms with Crippen molar-refractivity contribution in [1.82, 2.24) is 0 Å². The summed E-state index contributed by atoms with van der Waals surface area (Å²) in [7, 11) is 1.12. The third-order valence-corrected chi connectivity index (χ3v) is 1.07. The molecule has 1 aromatic rings. The molecule has 1 radical (unpaired) electrons. The molecular formula is C6H4BFNO. The number of nitroso groups, excluding NO2 is 1. The van der Waals surface area contributed by atoms with Crippen LogP contribution in [-0.2, 0) is 0 Å². The highest BCUT2D eigenvalue weighted by Crippen LogP contribution is 1.91. The summed E-state index contributed by atoms with van der Waals surface area (Å²) in [6, 6.07) is 5.52. The van der Waals surface area contributed by atoms with Crippen LogP contribution in [0.25, 0.3) is 0 Å². The van der Waals surface area contributed by atoms with Crippen molar-refractivity contribution >= 4 is 12.9 Å². The first-order valence-electron chi connectivity index (χ1n) is 2.74. The molecular weight excluding hydrogens is 132 g/mol. The molecule has 2 nitrogen and oxygen atoms in total. The normalized spacial score (nSPS) is 8.90. The van der Waals surface area contributed by atoms with Crippen LogP contribution in [0.15, 0.2) is 29.4 Å². The third-order valence-electron chi connectivity index (χ3n) is 1.07. The van der Waals surface area contributed by atoms with Crippen molar-refractivity contribution in [3.63, 3.8) is 0 Å². The average Bonchev–Trinajstić information content (AvgIpc) is 1.95. The zero-order valence-electron chi connectivity index (χ0n) is 5.12. The van der Waals surface area contributed by atoms with Crippen molar-refractivity contribution in [2.75, 3.05) is 0 Å². The quantitative estimate of drug-likeness (QED) is 0.437. The average molecular weight is 136 g/mol. The van der Waals surface area contributed by atoms with Gasteiger partial charge in [-0.2, -0.15) is 4.91 Å². The minimum atomic E-state index is -0.317. The molecule has 0 unspecified atom stereocenters. The Morgan fingerprint density at radius 1 is 1.30 bits per heavy atom. The minimum Gasteiger partial charge on any atom is -0.207 e. The zero-order chi connectivity index (χ0) is 7.40. The molecule has 0 aliphatic heterocycles. The molecule has 1 rings (SSSR count). The number of hydrogen-bond donors (Lipinski definition) is 0. The highest BCUT2D eigenvalue weighted by molar-refractivity contribution is 6.51. The Labute approximate surface area is 58.3 Å². The number of nitrogens with zero attached hydrogens (tertiary/aromatic N) is 1. The van der Waals surface area contributed by atoms with E-state index in [1.54, 1.807) is 0 Å². The number of hydrogen-bond acceptors (Lipinski definition) is 2. The largest absolute Gasteiger partial charge is 0.374 e.